The first-order valence-corrected chi connectivity index (χ1v) is 6.94. The number of aromatic nitrogens is 3. The number of hydrazine groups is 1. The number of hydrogen-bond acceptors (Lipinski definition) is 8. The van der Waals surface area contributed by atoms with E-state index in [0.29, 0.717) is 17.5 Å². The van der Waals surface area contributed by atoms with Crippen molar-refractivity contribution >= 4 is 34.7 Å². The lowest BCUT2D eigenvalue weighted by Crippen LogP contribution is -2.11. The lowest BCUT2D eigenvalue weighted by molar-refractivity contribution is 0.950. The quantitative estimate of drug-likeness (QED) is 0.328. The molecule has 0 unspecified atom stereocenters. The van der Waals surface area contributed by atoms with Crippen LogP contribution in [0.1, 0.15) is 5.01 Å². The lowest BCUT2D eigenvalue weighted by Gasteiger charge is -2.07. The average Bonchev–Trinajstić information content (AvgIpc) is 2.89. The van der Waals surface area contributed by atoms with Gasteiger partial charge in [-0.2, -0.15) is 0 Å². The summed E-state index contributed by atoms with van der Waals surface area (Å²) < 4.78 is 0. The third kappa shape index (κ3) is 3.29. The van der Waals surface area contributed by atoms with Gasteiger partial charge in [0, 0.05) is 17.6 Å². The van der Waals surface area contributed by atoms with Gasteiger partial charge in [-0.3, -0.25) is 0 Å². The van der Waals surface area contributed by atoms with Gasteiger partial charge in [0.1, 0.15) is 16.6 Å². The summed E-state index contributed by atoms with van der Waals surface area (Å²) in [7, 11) is 0. The van der Waals surface area contributed by atoms with E-state index in [-0.39, 0.29) is 0 Å². The van der Waals surface area contributed by atoms with Gasteiger partial charge < -0.3 is 10.7 Å². The van der Waals surface area contributed by atoms with Crippen LogP contribution in [0.5, 0.6) is 0 Å². The van der Waals surface area contributed by atoms with Crippen molar-refractivity contribution in [2.75, 3.05) is 17.0 Å². The first-order chi connectivity index (χ1) is 8.31. The number of hydrogen-bond donors (Lipinski definition) is 3. The number of thioether (sulfide) groups is 1. The molecule has 6 nitrogen and oxygen atoms in total. The Kier molecular flexibility index (Phi) is 4.13. The van der Waals surface area contributed by atoms with Crippen LogP contribution in [-0.2, 0) is 6.54 Å². The molecule has 4 N–H and O–H groups in total. The molecule has 0 spiro atoms. The molecule has 0 saturated carbocycles. The van der Waals surface area contributed by atoms with Crippen molar-refractivity contribution < 1.29 is 0 Å². The van der Waals surface area contributed by atoms with Gasteiger partial charge in [-0.25, -0.2) is 20.8 Å². The zero-order valence-corrected chi connectivity index (χ0v) is 10.8. The molecule has 17 heavy (non-hydrogen) atoms. The van der Waals surface area contributed by atoms with Crippen LogP contribution >= 0.6 is 23.1 Å². The number of thiazole rings is 1. The second-order valence-electron chi connectivity index (χ2n) is 3.05. The van der Waals surface area contributed by atoms with Crippen molar-refractivity contribution in [3.63, 3.8) is 0 Å². The van der Waals surface area contributed by atoms with Crippen LogP contribution in [0.15, 0.2) is 22.8 Å². The third-order valence-corrected chi connectivity index (χ3v) is 3.27. The van der Waals surface area contributed by atoms with Crippen molar-refractivity contribution in [3.8, 4) is 0 Å². The van der Waals surface area contributed by atoms with Gasteiger partial charge in [0.2, 0.25) is 0 Å². The number of rotatable bonds is 5. The van der Waals surface area contributed by atoms with E-state index in [1.165, 1.54) is 11.8 Å². The van der Waals surface area contributed by atoms with E-state index in [2.05, 4.69) is 25.7 Å². The smallest absolute Gasteiger partial charge is 0.191 e. The molecule has 0 saturated heterocycles. The first-order valence-electron chi connectivity index (χ1n) is 4.83. The summed E-state index contributed by atoms with van der Waals surface area (Å²) in [6, 6.07) is 1.76. The molecule has 0 fully saturated rings. The minimum Gasteiger partial charge on any atom is -0.363 e. The molecule has 0 aliphatic heterocycles. The van der Waals surface area contributed by atoms with Crippen LogP contribution in [0.25, 0.3) is 0 Å². The van der Waals surface area contributed by atoms with Gasteiger partial charge in [-0.05, 0) is 6.26 Å². The summed E-state index contributed by atoms with van der Waals surface area (Å²) in [5.74, 6) is 6.66. The van der Waals surface area contributed by atoms with E-state index in [1.807, 2.05) is 11.6 Å². The maximum atomic E-state index is 5.35. The highest BCUT2D eigenvalue weighted by Crippen LogP contribution is 2.17. The van der Waals surface area contributed by atoms with Gasteiger partial charge >= 0.3 is 0 Å². The van der Waals surface area contributed by atoms with Gasteiger partial charge in [0.05, 0.1) is 6.54 Å². The minimum atomic E-state index is 0.589. The fourth-order valence-corrected chi connectivity index (χ4v) is 2.12. The second-order valence-corrected chi connectivity index (χ2v) is 4.80. The Morgan fingerprint density at radius 2 is 2.24 bits per heavy atom. The Labute approximate surface area is 107 Å². The summed E-state index contributed by atoms with van der Waals surface area (Å²) in [5.41, 5.74) is 2.52. The number of nitrogen functional groups attached to an aromatic ring is 1. The van der Waals surface area contributed by atoms with Crippen LogP contribution < -0.4 is 16.6 Å². The summed E-state index contributed by atoms with van der Waals surface area (Å²) in [6.07, 6.45) is 3.70. The summed E-state index contributed by atoms with van der Waals surface area (Å²) >= 11 is 3.06. The van der Waals surface area contributed by atoms with E-state index >= 15 is 0 Å². The molecule has 2 aromatic heterocycles. The van der Waals surface area contributed by atoms with Crippen LogP contribution in [0, 0.1) is 0 Å². The standard InChI is InChI=1S/C9H12N6S2/c1-16-9-13-6(4-7(14-9)15-10)12-5-8-11-2-3-17-8/h2-4H,5,10H2,1H3,(H2,12,13,14,15). The zero-order valence-electron chi connectivity index (χ0n) is 9.17. The highest BCUT2D eigenvalue weighted by atomic mass is 32.2. The topological polar surface area (TPSA) is 88.8 Å². The largest absolute Gasteiger partial charge is 0.363 e. The van der Waals surface area contributed by atoms with E-state index in [4.69, 9.17) is 5.84 Å². The number of nitrogens with zero attached hydrogens (tertiary/aromatic N) is 3. The highest BCUT2D eigenvalue weighted by molar-refractivity contribution is 7.98. The minimum absolute atomic E-state index is 0.589. The normalized spacial score (nSPS) is 10.2. The molecular formula is C9H12N6S2. The Morgan fingerprint density at radius 3 is 2.88 bits per heavy atom. The second kappa shape index (κ2) is 5.80. The maximum absolute atomic E-state index is 5.35. The molecule has 0 radical (unpaired) electrons. The Balaban J connectivity index is 2.09. The van der Waals surface area contributed by atoms with Crippen LogP contribution in [0.2, 0.25) is 0 Å². The summed E-state index contributed by atoms with van der Waals surface area (Å²) in [5, 5.41) is 6.81. The molecule has 0 bridgehead atoms. The van der Waals surface area contributed by atoms with Crippen molar-refractivity contribution in [2.24, 2.45) is 5.84 Å². The van der Waals surface area contributed by atoms with Crippen LogP contribution in [0.4, 0.5) is 11.6 Å². The highest BCUT2D eigenvalue weighted by Gasteiger charge is 2.03. The van der Waals surface area contributed by atoms with Gasteiger partial charge in [-0.15, -0.1) is 11.3 Å². The van der Waals surface area contributed by atoms with Crippen molar-refractivity contribution in [2.45, 2.75) is 11.7 Å². The van der Waals surface area contributed by atoms with Crippen molar-refractivity contribution in [1.29, 1.82) is 0 Å². The fraction of sp³-hybridized carbons (Fsp3) is 0.222. The van der Waals surface area contributed by atoms with Gasteiger partial charge in [0.25, 0.3) is 0 Å². The monoisotopic (exact) mass is 268 g/mol. The molecule has 90 valence electrons. The average molecular weight is 268 g/mol. The molecule has 0 aliphatic rings. The number of nitrogens with one attached hydrogen (secondary N) is 2. The molecule has 0 atom stereocenters. The van der Waals surface area contributed by atoms with Gasteiger partial charge in [-0.1, -0.05) is 11.8 Å². The predicted octanol–water partition coefficient (Wildman–Crippen LogP) is 1.55. The molecule has 2 aromatic rings. The van der Waals surface area contributed by atoms with Gasteiger partial charge in [0.15, 0.2) is 5.16 Å². The Hall–Kier alpha value is -1.38. The molecule has 0 amide bonds. The molecular weight excluding hydrogens is 256 g/mol. The van der Waals surface area contributed by atoms with Crippen molar-refractivity contribution in [3.05, 3.63) is 22.7 Å². The zero-order chi connectivity index (χ0) is 12.1. The van der Waals surface area contributed by atoms with E-state index in [1.54, 1.807) is 23.6 Å². The maximum Gasteiger partial charge on any atom is 0.191 e. The first kappa shape index (κ1) is 12.1. The molecule has 0 aliphatic carbocycles. The SMILES string of the molecule is CSc1nc(NN)cc(NCc2nccs2)n1. The predicted molar refractivity (Wildman–Crippen MR) is 71.1 cm³/mol. The van der Waals surface area contributed by atoms with Crippen LogP contribution in [0.3, 0.4) is 0 Å². The molecule has 2 rings (SSSR count). The van der Waals surface area contributed by atoms with E-state index < -0.39 is 0 Å². The number of anilines is 2. The van der Waals surface area contributed by atoms with E-state index in [0.717, 1.165) is 10.8 Å². The lowest BCUT2D eigenvalue weighted by atomic mass is 10.5. The van der Waals surface area contributed by atoms with E-state index in [9.17, 15) is 0 Å². The summed E-state index contributed by atoms with van der Waals surface area (Å²) in [6.45, 7) is 0.645. The molecule has 2 heterocycles. The van der Waals surface area contributed by atoms with Crippen LogP contribution in [-0.4, -0.2) is 21.2 Å². The Bertz CT molecular complexity index is 450. The molecule has 8 heteroatoms. The third-order valence-electron chi connectivity index (χ3n) is 1.94. The Morgan fingerprint density at radius 1 is 1.41 bits per heavy atom. The molecule has 0 aromatic carbocycles. The summed E-state index contributed by atoms with van der Waals surface area (Å²) in [4.78, 5) is 12.7. The fourth-order valence-electron chi connectivity index (χ4n) is 1.19. The number of nitrogens with two attached hydrogens (primary N) is 1. The van der Waals surface area contributed by atoms with Crippen molar-refractivity contribution in [1.82, 2.24) is 15.0 Å².